The van der Waals surface area contributed by atoms with Crippen molar-refractivity contribution in [1.82, 2.24) is 5.32 Å². The molecule has 1 nitrogen and oxygen atoms in total. The average Bonchev–Trinajstić information content (AvgIpc) is 2.83. The van der Waals surface area contributed by atoms with Crippen molar-refractivity contribution in [2.24, 2.45) is 0 Å². The molecule has 0 saturated carbocycles. The lowest BCUT2D eigenvalue weighted by Crippen LogP contribution is -2.18. The predicted octanol–water partition coefficient (Wildman–Crippen LogP) is 5.58. The van der Waals surface area contributed by atoms with Gasteiger partial charge in [-0.1, -0.05) is 40.5 Å². The van der Waals surface area contributed by atoms with Crippen LogP contribution < -0.4 is 5.32 Å². The number of rotatable bonds is 5. The summed E-state index contributed by atoms with van der Waals surface area (Å²) in [5, 5.41) is 6.51. The van der Waals surface area contributed by atoms with Crippen LogP contribution in [0.2, 0.25) is 5.02 Å². The highest BCUT2D eigenvalue weighted by molar-refractivity contribution is 9.10. The van der Waals surface area contributed by atoms with Crippen LogP contribution in [0.3, 0.4) is 0 Å². The average molecular weight is 359 g/mol. The fourth-order valence-electron chi connectivity index (χ4n) is 2.05. The van der Waals surface area contributed by atoms with E-state index in [0.717, 1.165) is 28.0 Å². The van der Waals surface area contributed by atoms with Gasteiger partial charge in [0.05, 0.1) is 0 Å². The molecule has 4 heteroatoms. The molecule has 0 bridgehead atoms. The molecule has 102 valence electrons. The molecule has 0 saturated heterocycles. The standard InChI is InChI=1S/C15H17BrClNS/c1-3-11-6-7-19-15(11)9-18-10(2)13-5-4-12(16)8-14(13)17/h4-8,10,18H,3,9H2,1-2H3. The Morgan fingerprint density at radius 3 is 2.84 bits per heavy atom. The van der Waals surface area contributed by atoms with E-state index in [2.05, 4.69) is 52.6 Å². The first-order valence-corrected chi connectivity index (χ1v) is 8.40. The quantitative estimate of drug-likeness (QED) is 0.736. The van der Waals surface area contributed by atoms with Crippen LogP contribution in [-0.4, -0.2) is 0 Å². The highest BCUT2D eigenvalue weighted by atomic mass is 79.9. The first-order valence-electron chi connectivity index (χ1n) is 6.35. The molecule has 1 heterocycles. The summed E-state index contributed by atoms with van der Waals surface area (Å²) in [6.45, 7) is 5.24. The van der Waals surface area contributed by atoms with Crippen LogP contribution in [0.25, 0.3) is 0 Å². The minimum Gasteiger partial charge on any atom is -0.305 e. The molecule has 0 aliphatic heterocycles. The van der Waals surface area contributed by atoms with Crippen LogP contribution in [0, 0.1) is 0 Å². The largest absolute Gasteiger partial charge is 0.305 e. The summed E-state index contributed by atoms with van der Waals surface area (Å²) in [7, 11) is 0. The second kappa shape index (κ2) is 6.89. The summed E-state index contributed by atoms with van der Waals surface area (Å²) >= 11 is 11.5. The topological polar surface area (TPSA) is 12.0 Å². The van der Waals surface area contributed by atoms with Gasteiger partial charge in [-0.15, -0.1) is 11.3 Å². The Balaban J connectivity index is 2.03. The molecule has 0 amide bonds. The molecule has 1 N–H and O–H groups in total. The number of hydrogen-bond donors (Lipinski definition) is 1. The van der Waals surface area contributed by atoms with Gasteiger partial charge in [-0.3, -0.25) is 0 Å². The molecule has 1 atom stereocenters. The summed E-state index contributed by atoms with van der Waals surface area (Å²) in [5.41, 5.74) is 2.58. The van der Waals surface area contributed by atoms with Crippen LogP contribution in [-0.2, 0) is 13.0 Å². The number of benzene rings is 1. The number of thiophene rings is 1. The van der Waals surface area contributed by atoms with Crippen LogP contribution in [0.5, 0.6) is 0 Å². The van der Waals surface area contributed by atoms with Crippen molar-refractivity contribution in [3.05, 3.63) is 55.1 Å². The molecule has 1 unspecified atom stereocenters. The summed E-state index contributed by atoms with van der Waals surface area (Å²) in [6.07, 6.45) is 1.09. The van der Waals surface area contributed by atoms with Crippen LogP contribution in [0.15, 0.2) is 34.1 Å². The predicted molar refractivity (Wildman–Crippen MR) is 88.1 cm³/mol. The molecule has 1 aromatic carbocycles. The highest BCUT2D eigenvalue weighted by Crippen LogP contribution is 2.27. The van der Waals surface area contributed by atoms with Crippen molar-refractivity contribution in [2.45, 2.75) is 32.9 Å². The molecule has 19 heavy (non-hydrogen) atoms. The van der Waals surface area contributed by atoms with E-state index in [1.54, 1.807) is 0 Å². The molecule has 0 aliphatic rings. The van der Waals surface area contributed by atoms with E-state index in [1.165, 1.54) is 10.4 Å². The second-order valence-corrected chi connectivity index (χ2v) is 6.81. The third-order valence-corrected chi connectivity index (χ3v) is 5.00. The van der Waals surface area contributed by atoms with Gasteiger partial charge in [0, 0.05) is 27.0 Å². The number of halogens is 2. The first kappa shape index (κ1) is 15.0. The van der Waals surface area contributed by atoms with Crippen molar-refractivity contribution in [1.29, 1.82) is 0 Å². The third kappa shape index (κ3) is 3.82. The van der Waals surface area contributed by atoms with Crippen LogP contribution >= 0.6 is 38.9 Å². The molecule has 2 rings (SSSR count). The number of nitrogens with one attached hydrogen (secondary N) is 1. The van der Waals surface area contributed by atoms with Crippen molar-refractivity contribution in [3.63, 3.8) is 0 Å². The minimum absolute atomic E-state index is 0.243. The van der Waals surface area contributed by atoms with E-state index in [0.29, 0.717) is 0 Å². The Bertz CT molecular complexity index is 553. The highest BCUT2D eigenvalue weighted by Gasteiger charge is 2.10. The first-order chi connectivity index (χ1) is 9.11. The van der Waals surface area contributed by atoms with E-state index >= 15 is 0 Å². The smallest absolute Gasteiger partial charge is 0.0464 e. The van der Waals surface area contributed by atoms with Gasteiger partial charge < -0.3 is 5.32 Å². The third-order valence-electron chi connectivity index (χ3n) is 3.22. The van der Waals surface area contributed by atoms with Gasteiger partial charge in [-0.2, -0.15) is 0 Å². The van der Waals surface area contributed by atoms with Gasteiger partial charge in [0.2, 0.25) is 0 Å². The van der Waals surface area contributed by atoms with Gasteiger partial charge >= 0.3 is 0 Å². The second-order valence-electron chi connectivity index (χ2n) is 4.49. The lowest BCUT2D eigenvalue weighted by atomic mass is 10.1. The molecule has 2 aromatic rings. The molecule has 0 aliphatic carbocycles. The van der Waals surface area contributed by atoms with Crippen molar-refractivity contribution >= 4 is 38.9 Å². The zero-order valence-electron chi connectivity index (χ0n) is 11.0. The normalized spacial score (nSPS) is 12.6. The van der Waals surface area contributed by atoms with E-state index in [1.807, 2.05) is 23.5 Å². The van der Waals surface area contributed by atoms with Gasteiger partial charge in [0.1, 0.15) is 0 Å². The van der Waals surface area contributed by atoms with E-state index < -0.39 is 0 Å². The Morgan fingerprint density at radius 1 is 1.37 bits per heavy atom. The number of aryl methyl sites for hydroxylation is 1. The summed E-state index contributed by atoms with van der Waals surface area (Å²) < 4.78 is 1.01. The fourth-order valence-corrected chi connectivity index (χ4v) is 3.81. The molecule has 0 fully saturated rings. The molecule has 0 spiro atoms. The van der Waals surface area contributed by atoms with Crippen LogP contribution in [0.1, 0.15) is 35.9 Å². The van der Waals surface area contributed by atoms with E-state index in [-0.39, 0.29) is 6.04 Å². The Labute approximate surface area is 132 Å². The Kier molecular flexibility index (Phi) is 5.46. The molecular formula is C15H17BrClNS. The zero-order valence-corrected chi connectivity index (χ0v) is 14.2. The zero-order chi connectivity index (χ0) is 13.8. The Morgan fingerprint density at radius 2 is 2.16 bits per heavy atom. The molecule has 0 radical (unpaired) electrons. The van der Waals surface area contributed by atoms with Gasteiger partial charge in [0.15, 0.2) is 0 Å². The van der Waals surface area contributed by atoms with Crippen molar-refractivity contribution in [3.8, 4) is 0 Å². The maximum Gasteiger partial charge on any atom is 0.0464 e. The van der Waals surface area contributed by atoms with Crippen LogP contribution in [0.4, 0.5) is 0 Å². The monoisotopic (exact) mass is 357 g/mol. The maximum absolute atomic E-state index is 6.28. The van der Waals surface area contributed by atoms with E-state index in [9.17, 15) is 0 Å². The summed E-state index contributed by atoms with van der Waals surface area (Å²) in [4.78, 5) is 1.42. The minimum atomic E-state index is 0.243. The van der Waals surface area contributed by atoms with Crippen molar-refractivity contribution < 1.29 is 0 Å². The van der Waals surface area contributed by atoms with Gasteiger partial charge in [0.25, 0.3) is 0 Å². The van der Waals surface area contributed by atoms with Gasteiger partial charge in [-0.25, -0.2) is 0 Å². The number of hydrogen-bond acceptors (Lipinski definition) is 2. The lowest BCUT2D eigenvalue weighted by Gasteiger charge is -2.16. The summed E-state index contributed by atoms with van der Waals surface area (Å²) in [5.74, 6) is 0. The lowest BCUT2D eigenvalue weighted by molar-refractivity contribution is 0.577. The fraction of sp³-hybridized carbons (Fsp3) is 0.333. The summed E-state index contributed by atoms with van der Waals surface area (Å²) in [6, 6.07) is 8.49. The Hall–Kier alpha value is -0.350. The van der Waals surface area contributed by atoms with E-state index in [4.69, 9.17) is 11.6 Å². The molecular weight excluding hydrogens is 342 g/mol. The molecule has 1 aromatic heterocycles. The van der Waals surface area contributed by atoms with Crippen molar-refractivity contribution in [2.75, 3.05) is 0 Å². The van der Waals surface area contributed by atoms with Gasteiger partial charge in [-0.05, 0) is 48.1 Å². The SMILES string of the molecule is CCc1ccsc1CNC(C)c1ccc(Br)cc1Cl. The maximum atomic E-state index is 6.28.